The van der Waals surface area contributed by atoms with Gasteiger partial charge in [-0.15, -0.1) is 0 Å². The van der Waals surface area contributed by atoms with Gasteiger partial charge in [-0.1, -0.05) is 24.3 Å². The molecule has 1 aliphatic rings. The smallest absolute Gasteiger partial charge is 0.239 e. The third kappa shape index (κ3) is 5.20. The Balaban J connectivity index is 1.44. The Bertz CT molecular complexity index is 1590. The van der Waals surface area contributed by atoms with Crippen LogP contribution in [0.4, 0.5) is 5.69 Å². The van der Waals surface area contributed by atoms with Crippen molar-refractivity contribution in [1.29, 1.82) is 0 Å². The number of benzene rings is 3. The number of carbonyl (C=O) groups excluding carboxylic acids is 4. The number of imidazole rings is 1. The molecule has 5 rings (SSSR count). The molecule has 0 radical (unpaired) electrons. The van der Waals surface area contributed by atoms with Crippen molar-refractivity contribution in [3.05, 3.63) is 82.9 Å². The van der Waals surface area contributed by atoms with Crippen LogP contribution < -0.4 is 15.5 Å². The zero-order chi connectivity index (χ0) is 28.2. The molecule has 2 amide bonds. The SMILES string of the molecule is O=C(CN(CC(=O)NCCO)c1ccc(-c2nc3c4c(ccc3[nH]2)C(=O)c2ccccc2C4=O)cc1)NCCO. The van der Waals surface area contributed by atoms with Gasteiger partial charge in [0.2, 0.25) is 11.8 Å². The number of carbonyl (C=O) groups is 4. The maximum absolute atomic E-state index is 13.3. The molecule has 11 heteroatoms. The van der Waals surface area contributed by atoms with Gasteiger partial charge >= 0.3 is 0 Å². The molecule has 1 aromatic heterocycles. The average Bonchev–Trinajstić information content (AvgIpc) is 3.42. The van der Waals surface area contributed by atoms with E-state index in [9.17, 15) is 19.2 Å². The Morgan fingerprint density at radius 1 is 0.775 bits per heavy atom. The molecule has 40 heavy (non-hydrogen) atoms. The van der Waals surface area contributed by atoms with Gasteiger partial charge in [0.25, 0.3) is 0 Å². The van der Waals surface area contributed by atoms with E-state index in [0.717, 1.165) is 0 Å². The number of aliphatic hydroxyl groups excluding tert-OH is 2. The van der Waals surface area contributed by atoms with E-state index in [-0.39, 0.29) is 68.3 Å². The Hall–Kier alpha value is -4.87. The highest BCUT2D eigenvalue weighted by Crippen LogP contribution is 2.33. The molecule has 4 aromatic rings. The van der Waals surface area contributed by atoms with Gasteiger partial charge in [-0.2, -0.15) is 0 Å². The number of anilines is 1. The lowest BCUT2D eigenvalue weighted by Crippen LogP contribution is -2.44. The third-order valence-corrected chi connectivity index (χ3v) is 6.59. The van der Waals surface area contributed by atoms with Crippen molar-refractivity contribution in [3.8, 4) is 11.4 Å². The first-order chi connectivity index (χ1) is 19.4. The first-order valence-corrected chi connectivity index (χ1v) is 12.7. The summed E-state index contributed by atoms with van der Waals surface area (Å²) in [5.41, 5.74) is 3.63. The van der Waals surface area contributed by atoms with Crippen LogP contribution in [-0.2, 0) is 9.59 Å². The first-order valence-electron chi connectivity index (χ1n) is 12.7. The van der Waals surface area contributed by atoms with Crippen LogP contribution >= 0.6 is 0 Å². The highest BCUT2D eigenvalue weighted by molar-refractivity contribution is 6.31. The number of aliphatic hydroxyl groups is 2. The monoisotopic (exact) mass is 541 g/mol. The largest absolute Gasteiger partial charge is 0.395 e. The van der Waals surface area contributed by atoms with Gasteiger partial charge in [-0.05, 0) is 36.4 Å². The summed E-state index contributed by atoms with van der Waals surface area (Å²) >= 11 is 0. The summed E-state index contributed by atoms with van der Waals surface area (Å²) in [6.45, 7) is -0.467. The molecule has 0 aliphatic heterocycles. The second-order valence-electron chi connectivity index (χ2n) is 9.22. The molecule has 3 aromatic carbocycles. The van der Waals surface area contributed by atoms with E-state index in [1.165, 1.54) is 0 Å². The van der Waals surface area contributed by atoms with Crippen molar-refractivity contribution in [3.63, 3.8) is 0 Å². The van der Waals surface area contributed by atoms with Gasteiger partial charge in [-0.25, -0.2) is 4.98 Å². The quantitative estimate of drug-likeness (QED) is 0.175. The van der Waals surface area contributed by atoms with Crippen LogP contribution in [0, 0.1) is 0 Å². The predicted molar refractivity (Wildman–Crippen MR) is 147 cm³/mol. The molecule has 5 N–H and O–H groups in total. The van der Waals surface area contributed by atoms with E-state index in [1.807, 2.05) is 0 Å². The summed E-state index contributed by atoms with van der Waals surface area (Å²) in [7, 11) is 0. The van der Waals surface area contributed by atoms with Crippen molar-refractivity contribution in [2.45, 2.75) is 0 Å². The second-order valence-corrected chi connectivity index (χ2v) is 9.22. The number of hydrogen-bond acceptors (Lipinski definition) is 8. The molecule has 0 fully saturated rings. The molecule has 0 atom stereocenters. The second kappa shape index (κ2) is 11.5. The molecule has 0 bridgehead atoms. The predicted octanol–water partition coefficient (Wildman–Crippen LogP) is 1.03. The lowest BCUT2D eigenvalue weighted by Gasteiger charge is -2.24. The van der Waals surface area contributed by atoms with Gasteiger partial charge in [0.05, 0.1) is 37.4 Å². The van der Waals surface area contributed by atoms with E-state index >= 15 is 0 Å². The third-order valence-electron chi connectivity index (χ3n) is 6.59. The molecule has 11 nitrogen and oxygen atoms in total. The van der Waals surface area contributed by atoms with Crippen molar-refractivity contribution in [2.75, 3.05) is 44.3 Å². The number of aromatic amines is 1. The Kier molecular flexibility index (Phi) is 7.67. The van der Waals surface area contributed by atoms with Gasteiger partial charge < -0.3 is 30.7 Å². The minimum Gasteiger partial charge on any atom is -0.395 e. The molecule has 1 aliphatic carbocycles. The lowest BCUT2D eigenvalue weighted by atomic mass is 9.83. The maximum Gasteiger partial charge on any atom is 0.239 e. The molecule has 204 valence electrons. The summed E-state index contributed by atoms with van der Waals surface area (Å²) < 4.78 is 0. The summed E-state index contributed by atoms with van der Waals surface area (Å²) in [6.07, 6.45) is 0. The number of rotatable bonds is 10. The fraction of sp³-hybridized carbons (Fsp3) is 0.207. The molecule has 0 saturated heterocycles. The molecule has 0 unspecified atom stereocenters. The van der Waals surface area contributed by atoms with E-state index in [4.69, 9.17) is 10.2 Å². The molecule has 1 heterocycles. The zero-order valence-electron chi connectivity index (χ0n) is 21.4. The normalized spacial score (nSPS) is 12.2. The summed E-state index contributed by atoms with van der Waals surface area (Å²) in [5.74, 6) is -0.709. The summed E-state index contributed by atoms with van der Waals surface area (Å²) in [5, 5.41) is 23.1. The molecular formula is C29H27N5O6. The van der Waals surface area contributed by atoms with Gasteiger partial charge in [0.1, 0.15) is 11.3 Å². The van der Waals surface area contributed by atoms with Crippen LogP contribution in [0.5, 0.6) is 0 Å². The number of amides is 2. The van der Waals surface area contributed by atoms with Gasteiger partial charge in [0.15, 0.2) is 11.6 Å². The van der Waals surface area contributed by atoms with E-state index in [0.29, 0.717) is 44.8 Å². The van der Waals surface area contributed by atoms with E-state index in [1.54, 1.807) is 65.6 Å². The average molecular weight is 542 g/mol. The van der Waals surface area contributed by atoms with Crippen LogP contribution in [0.25, 0.3) is 22.4 Å². The maximum atomic E-state index is 13.3. The Labute approximate surface area is 228 Å². The molecule has 0 saturated carbocycles. The van der Waals surface area contributed by atoms with E-state index < -0.39 is 0 Å². The van der Waals surface area contributed by atoms with Crippen LogP contribution in [0.2, 0.25) is 0 Å². The van der Waals surface area contributed by atoms with Crippen molar-refractivity contribution < 1.29 is 29.4 Å². The minimum absolute atomic E-state index is 0.0950. The molecular weight excluding hydrogens is 514 g/mol. The van der Waals surface area contributed by atoms with Crippen molar-refractivity contribution in [1.82, 2.24) is 20.6 Å². The number of fused-ring (bicyclic) bond motifs is 4. The summed E-state index contributed by atoms with van der Waals surface area (Å²) in [4.78, 5) is 60.5. The number of aromatic nitrogens is 2. The highest BCUT2D eigenvalue weighted by atomic mass is 16.3. The van der Waals surface area contributed by atoms with Gasteiger partial charge in [-0.3, -0.25) is 19.2 Å². The van der Waals surface area contributed by atoms with Crippen LogP contribution in [0.3, 0.4) is 0 Å². The minimum atomic E-state index is -0.365. The summed E-state index contributed by atoms with van der Waals surface area (Å²) in [6, 6.07) is 17.1. The fourth-order valence-corrected chi connectivity index (χ4v) is 4.71. The molecule has 0 spiro atoms. The van der Waals surface area contributed by atoms with Crippen molar-refractivity contribution >= 4 is 40.1 Å². The highest BCUT2D eigenvalue weighted by Gasteiger charge is 2.32. The number of ketones is 2. The Morgan fingerprint density at radius 2 is 1.38 bits per heavy atom. The van der Waals surface area contributed by atoms with E-state index in [2.05, 4.69) is 20.6 Å². The lowest BCUT2D eigenvalue weighted by molar-refractivity contribution is -0.120. The number of nitrogens with zero attached hydrogens (tertiary/aromatic N) is 2. The fourth-order valence-electron chi connectivity index (χ4n) is 4.71. The van der Waals surface area contributed by atoms with Crippen LogP contribution in [0.15, 0.2) is 60.7 Å². The van der Waals surface area contributed by atoms with Crippen LogP contribution in [0.1, 0.15) is 31.8 Å². The topological polar surface area (TPSA) is 165 Å². The van der Waals surface area contributed by atoms with Gasteiger partial charge in [0, 0.05) is 41.0 Å². The zero-order valence-corrected chi connectivity index (χ0v) is 21.4. The standard InChI is InChI=1S/C29H27N5O6/c35-13-11-30-23(37)15-34(16-24(38)31-12-14-36)18-7-5-17(6-8-18)29-32-22-10-9-21-25(26(22)33-29)28(40)20-4-2-1-3-19(20)27(21)39/h1-10,35-36H,11-16H2,(H,30,37)(H,31,38)(H,32,33). The first kappa shape index (κ1) is 26.7. The van der Waals surface area contributed by atoms with Crippen molar-refractivity contribution in [2.24, 2.45) is 0 Å². The number of H-pyrrole nitrogens is 1. The number of hydrogen-bond donors (Lipinski definition) is 5. The Morgan fingerprint density at radius 3 is 1.98 bits per heavy atom. The van der Waals surface area contributed by atoms with Crippen LogP contribution in [-0.4, -0.2) is 83.0 Å². The number of nitrogens with one attached hydrogen (secondary N) is 3.